The lowest BCUT2D eigenvalue weighted by atomic mass is 9.65. The first-order chi connectivity index (χ1) is 26.6. The molecule has 3 aromatic carbocycles. The number of rotatable bonds is 6. The smallest absolute Gasteiger partial charge is 0.138 e. The van der Waals surface area contributed by atoms with Crippen LogP contribution < -0.4 is 5.32 Å². The lowest BCUT2D eigenvalue weighted by Gasteiger charge is -2.39. The first-order valence-corrected chi connectivity index (χ1v) is 18.2. The molecule has 0 fully saturated rings. The maximum Gasteiger partial charge on any atom is 0.138 e. The van der Waals surface area contributed by atoms with Gasteiger partial charge in [-0.15, -0.1) is 6.42 Å². The molecule has 6 aromatic rings. The Bertz CT molecular complexity index is 2610. The Morgan fingerprint density at radius 2 is 1.74 bits per heavy atom. The lowest BCUT2D eigenvalue weighted by Crippen LogP contribution is -2.43. The minimum atomic E-state index is -0.506. The molecule has 3 unspecified atom stereocenters. The van der Waals surface area contributed by atoms with Crippen molar-refractivity contribution in [2.75, 3.05) is 5.32 Å². The highest BCUT2D eigenvalue weighted by atomic mass is 15.1. The zero-order valence-electron chi connectivity index (χ0n) is 30.0. The number of nitrogens with zero attached hydrogens (tertiary/aromatic N) is 5. The summed E-state index contributed by atoms with van der Waals surface area (Å²) >= 11 is 0. The molecule has 3 aromatic heterocycles. The lowest BCUT2D eigenvalue weighted by molar-refractivity contribution is 0.569. The molecule has 0 saturated carbocycles. The first kappa shape index (κ1) is 34.1. The van der Waals surface area contributed by atoms with Crippen molar-refractivity contribution in [1.29, 1.82) is 5.26 Å². The van der Waals surface area contributed by atoms with Gasteiger partial charge in [-0.2, -0.15) is 5.26 Å². The summed E-state index contributed by atoms with van der Waals surface area (Å²) in [6, 6.07) is 38.3. The van der Waals surface area contributed by atoms with Crippen LogP contribution in [0.15, 0.2) is 152 Å². The highest BCUT2D eigenvalue weighted by Crippen LogP contribution is 2.56. The molecule has 6 nitrogen and oxygen atoms in total. The van der Waals surface area contributed by atoms with E-state index in [2.05, 4.69) is 150 Å². The number of para-hydroxylation sites is 2. The Morgan fingerprint density at radius 3 is 2.52 bits per heavy atom. The summed E-state index contributed by atoms with van der Waals surface area (Å²) in [6.45, 7) is 5.83. The van der Waals surface area contributed by atoms with Gasteiger partial charge < -0.3 is 5.32 Å². The number of nitrogens with one attached hydrogen (secondary N) is 1. The third-order valence-electron chi connectivity index (χ3n) is 10.3. The minimum Gasteiger partial charge on any atom is -0.377 e. The second-order valence-corrected chi connectivity index (χ2v) is 13.3. The maximum atomic E-state index is 7.62. The van der Waals surface area contributed by atoms with Gasteiger partial charge in [-0.05, 0) is 54.0 Å². The normalized spacial score (nSPS) is 19.0. The summed E-state index contributed by atoms with van der Waals surface area (Å²) in [6.07, 6.45) is 23.6. The summed E-state index contributed by atoms with van der Waals surface area (Å²) < 4.78 is 2.37. The van der Waals surface area contributed by atoms with Crippen LogP contribution >= 0.6 is 0 Å². The van der Waals surface area contributed by atoms with Gasteiger partial charge in [0.05, 0.1) is 45.8 Å². The van der Waals surface area contributed by atoms with E-state index < -0.39 is 5.41 Å². The molecule has 54 heavy (non-hydrogen) atoms. The highest BCUT2D eigenvalue weighted by Gasteiger charge is 2.53. The number of terminal acetylenes is 1. The molecule has 9 rings (SSSR count). The third-order valence-corrected chi connectivity index (χ3v) is 10.3. The molecule has 1 N–H and O–H groups in total. The van der Waals surface area contributed by atoms with Crippen LogP contribution in [0.2, 0.25) is 0 Å². The molecule has 0 saturated heterocycles. The number of hydrogen-bond donors (Lipinski definition) is 1. The van der Waals surface area contributed by atoms with E-state index in [-0.39, 0.29) is 12.0 Å². The summed E-state index contributed by atoms with van der Waals surface area (Å²) in [5.74, 6) is 4.23. The monoisotopic (exact) mass is 698 g/mol. The van der Waals surface area contributed by atoms with E-state index in [0.717, 1.165) is 51.9 Å². The molecule has 3 atom stereocenters. The molecule has 3 aliphatic rings. The standard InChI is InChI=1S/C45H33N5.C3H5N/c1-3-16-30(4-2)38-29-39(49-44(48-38)31-17-7-5-8-18-31)37-24-15-26-42(47-37)50-40-25-14-11-21-33(40)34-27-28-41-45(43(34)50,32-19-9-6-10-20-32)35-22-12-13-23-36(35)46-41;1-2-3-4/h1,4-17,19-29,31,41,46H,2,18H2;2H2,1H3/b30-16+;. The first-order valence-electron chi connectivity index (χ1n) is 18.2. The third kappa shape index (κ3) is 5.66. The van der Waals surface area contributed by atoms with Crippen LogP contribution in [0.4, 0.5) is 5.69 Å². The second kappa shape index (κ2) is 14.5. The van der Waals surface area contributed by atoms with E-state index in [9.17, 15) is 0 Å². The van der Waals surface area contributed by atoms with E-state index >= 15 is 0 Å². The molecule has 0 bridgehead atoms. The Morgan fingerprint density at radius 1 is 0.944 bits per heavy atom. The molecule has 260 valence electrons. The topological polar surface area (TPSA) is 79.4 Å². The quantitative estimate of drug-likeness (QED) is 0.138. The summed E-state index contributed by atoms with van der Waals surface area (Å²) in [4.78, 5) is 15.5. The Labute approximate surface area is 316 Å². The fourth-order valence-electron chi connectivity index (χ4n) is 7.99. The van der Waals surface area contributed by atoms with E-state index in [4.69, 9.17) is 26.6 Å². The number of anilines is 1. The number of hydrogen-bond acceptors (Lipinski definition) is 5. The van der Waals surface area contributed by atoms with Gasteiger partial charge in [-0.3, -0.25) is 4.57 Å². The molecular weight excluding hydrogens is 661 g/mol. The summed E-state index contributed by atoms with van der Waals surface area (Å²) in [7, 11) is 0. The predicted molar refractivity (Wildman–Crippen MR) is 220 cm³/mol. The van der Waals surface area contributed by atoms with Gasteiger partial charge in [0.2, 0.25) is 0 Å². The van der Waals surface area contributed by atoms with Crippen molar-refractivity contribution >= 4 is 28.2 Å². The van der Waals surface area contributed by atoms with Gasteiger partial charge in [-0.1, -0.05) is 135 Å². The Kier molecular flexibility index (Phi) is 9.18. The number of aromatic nitrogens is 4. The number of fused-ring (bicyclic) bond motifs is 7. The fourth-order valence-corrected chi connectivity index (χ4v) is 7.99. The molecule has 0 radical (unpaired) electrons. The van der Waals surface area contributed by atoms with Crippen LogP contribution in [0.25, 0.3) is 39.8 Å². The van der Waals surface area contributed by atoms with Gasteiger partial charge in [0.15, 0.2) is 0 Å². The average Bonchev–Trinajstić information content (AvgIpc) is 3.77. The molecule has 1 aliphatic heterocycles. The van der Waals surface area contributed by atoms with Crippen LogP contribution in [-0.4, -0.2) is 25.6 Å². The molecule has 0 spiro atoms. The van der Waals surface area contributed by atoms with Crippen LogP contribution in [0.1, 0.15) is 59.6 Å². The predicted octanol–water partition coefficient (Wildman–Crippen LogP) is 10.4. The van der Waals surface area contributed by atoms with Crippen molar-refractivity contribution in [3.63, 3.8) is 0 Å². The highest BCUT2D eigenvalue weighted by molar-refractivity contribution is 5.96. The van der Waals surface area contributed by atoms with Crippen molar-refractivity contribution < 1.29 is 0 Å². The fraction of sp³-hybridized carbons (Fsp3) is 0.125. The average molecular weight is 699 g/mol. The molecular formula is C48H38N6. The van der Waals surface area contributed by atoms with Gasteiger partial charge in [0.1, 0.15) is 11.6 Å². The van der Waals surface area contributed by atoms with E-state index in [0.29, 0.717) is 6.42 Å². The second-order valence-electron chi connectivity index (χ2n) is 13.3. The number of pyridine rings is 1. The molecule has 6 heteroatoms. The minimum absolute atomic E-state index is 0.00545. The van der Waals surface area contributed by atoms with E-state index in [1.54, 1.807) is 12.2 Å². The van der Waals surface area contributed by atoms with Crippen LogP contribution in [-0.2, 0) is 5.41 Å². The van der Waals surface area contributed by atoms with E-state index in [1.807, 2.05) is 25.1 Å². The SMILES string of the molecule is C#C/C=C(\C=C)c1cc(-c2cccc(-n3c4c(c5ccccc53)C=CC3Nc5ccccc5C43c3ccccc3)n2)nc(C2C=CC=CC2)n1.CCC#N. The summed E-state index contributed by atoms with van der Waals surface area (Å²) in [5.41, 5.74) is 9.57. The Hall–Kier alpha value is -7.02. The number of benzene rings is 3. The maximum absolute atomic E-state index is 7.62. The van der Waals surface area contributed by atoms with Crippen molar-refractivity contribution in [1.82, 2.24) is 19.5 Å². The van der Waals surface area contributed by atoms with Gasteiger partial charge in [0, 0.05) is 34.5 Å². The van der Waals surface area contributed by atoms with Crippen molar-refractivity contribution in [2.24, 2.45) is 0 Å². The zero-order chi connectivity index (χ0) is 37.1. The van der Waals surface area contributed by atoms with Crippen molar-refractivity contribution in [2.45, 2.75) is 37.1 Å². The van der Waals surface area contributed by atoms with Crippen LogP contribution in [0.5, 0.6) is 0 Å². The van der Waals surface area contributed by atoms with Crippen molar-refractivity contribution in [3.8, 4) is 35.6 Å². The van der Waals surface area contributed by atoms with Crippen LogP contribution in [0.3, 0.4) is 0 Å². The van der Waals surface area contributed by atoms with E-state index in [1.165, 1.54) is 27.8 Å². The van der Waals surface area contributed by atoms with Gasteiger partial charge >= 0.3 is 0 Å². The zero-order valence-corrected chi connectivity index (χ0v) is 30.0. The Balaban J connectivity index is 0.000000987. The summed E-state index contributed by atoms with van der Waals surface area (Å²) in [5, 5.41) is 12.7. The van der Waals surface area contributed by atoms with Crippen LogP contribution in [0, 0.1) is 23.7 Å². The number of allylic oxidation sites excluding steroid dienone is 7. The van der Waals surface area contributed by atoms with Crippen molar-refractivity contribution in [3.05, 3.63) is 186 Å². The molecule has 4 heterocycles. The number of nitriles is 1. The largest absolute Gasteiger partial charge is 0.377 e. The molecule has 0 amide bonds. The van der Waals surface area contributed by atoms with Gasteiger partial charge in [-0.25, -0.2) is 15.0 Å². The molecule has 2 aliphatic carbocycles. The van der Waals surface area contributed by atoms with Gasteiger partial charge in [0.25, 0.3) is 0 Å².